The lowest BCUT2D eigenvalue weighted by Gasteiger charge is -2.01. The second-order valence-electron chi connectivity index (χ2n) is 2.90. The molecule has 0 aromatic heterocycles. The summed E-state index contributed by atoms with van der Waals surface area (Å²) in [6.07, 6.45) is 0.810. The minimum absolute atomic E-state index is 0.0746. The quantitative estimate of drug-likeness (QED) is 0.709. The zero-order valence-corrected chi connectivity index (χ0v) is 7.86. The Bertz CT molecular complexity index is 327. The van der Waals surface area contributed by atoms with Crippen LogP contribution in [-0.4, -0.2) is 19.0 Å². The predicted molar refractivity (Wildman–Crippen MR) is 54.6 cm³/mol. The van der Waals surface area contributed by atoms with E-state index in [9.17, 15) is 4.79 Å². The van der Waals surface area contributed by atoms with Crippen molar-refractivity contribution < 1.29 is 4.79 Å². The van der Waals surface area contributed by atoms with Crippen LogP contribution in [-0.2, 0) is 11.2 Å². The first-order chi connectivity index (χ1) is 6.83. The third-order valence-electron chi connectivity index (χ3n) is 1.80. The third-order valence-corrected chi connectivity index (χ3v) is 1.80. The molecule has 0 spiro atoms. The maximum Gasteiger partial charge on any atom is 0.300 e. The molecule has 1 amide bonds. The summed E-state index contributed by atoms with van der Waals surface area (Å²) in [5, 5.41) is 2.68. The van der Waals surface area contributed by atoms with Crippen molar-refractivity contribution in [2.75, 3.05) is 13.1 Å². The molecule has 14 heavy (non-hydrogen) atoms. The summed E-state index contributed by atoms with van der Waals surface area (Å²) in [5.41, 5.74) is 1.19. The molecule has 0 aliphatic rings. The van der Waals surface area contributed by atoms with Crippen LogP contribution in [0.25, 0.3) is 4.85 Å². The monoisotopic (exact) mass is 188 g/mol. The number of carbonyl (C=O) groups is 1. The van der Waals surface area contributed by atoms with Gasteiger partial charge in [0.2, 0.25) is 0 Å². The van der Waals surface area contributed by atoms with Crippen LogP contribution in [0.3, 0.4) is 0 Å². The molecule has 1 aromatic carbocycles. The maximum absolute atomic E-state index is 10.9. The van der Waals surface area contributed by atoms with Gasteiger partial charge in [0.15, 0.2) is 0 Å². The van der Waals surface area contributed by atoms with E-state index in [0.717, 1.165) is 6.42 Å². The maximum atomic E-state index is 10.9. The van der Waals surface area contributed by atoms with Gasteiger partial charge in [0.1, 0.15) is 0 Å². The third kappa shape index (κ3) is 3.72. The van der Waals surface area contributed by atoms with Gasteiger partial charge < -0.3 is 10.2 Å². The van der Waals surface area contributed by atoms with Crippen molar-refractivity contribution in [3.8, 4) is 0 Å². The van der Waals surface area contributed by atoms with Gasteiger partial charge in [-0.25, -0.2) is 6.57 Å². The fraction of sp³-hybridized carbons (Fsp3) is 0.273. The van der Waals surface area contributed by atoms with Crippen molar-refractivity contribution in [3.63, 3.8) is 0 Å². The van der Waals surface area contributed by atoms with Gasteiger partial charge in [-0.1, -0.05) is 30.3 Å². The first kappa shape index (κ1) is 10.3. The van der Waals surface area contributed by atoms with Gasteiger partial charge in [0.25, 0.3) is 12.5 Å². The van der Waals surface area contributed by atoms with E-state index in [0.29, 0.717) is 6.54 Å². The van der Waals surface area contributed by atoms with Gasteiger partial charge >= 0.3 is 0 Å². The molecule has 1 aromatic rings. The van der Waals surface area contributed by atoms with Crippen LogP contribution >= 0.6 is 0 Å². The Morgan fingerprint density at radius 3 is 2.71 bits per heavy atom. The number of hydrogen-bond donors (Lipinski definition) is 1. The zero-order valence-electron chi connectivity index (χ0n) is 7.86. The topological polar surface area (TPSA) is 33.5 Å². The molecular weight excluding hydrogens is 176 g/mol. The van der Waals surface area contributed by atoms with Crippen molar-refractivity contribution in [1.29, 1.82) is 0 Å². The summed E-state index contributed by atoms with van der Waals surface area (Å²) in [5.74, 6) is -0.198. The van der Waals surface area contributed by atoms with Crippen LogP contribution in [0.1, 0.15) is 5.56 Å². The van der Waals surface area contributed by atoms with Gasteiger partial charge in [0.05, 0.1) is 0 Å². The Kier molecular flexibility index (Phi) is 4.22. The molecule has 3 heteroatoms. The molecule has 0 unspecified atom stereocenters. The highest BCUT2D eigenvalue weighted by Crippen LogP contribution is 1.97. The summed E-state index contributed by atoms with van der Waals surface area (Å²) < 4.78 is 0. The highest BCUT2D eigenvalue weighted by atomic mass is 16.1. The minimum Gasteiger partial charge on any atom is -0.349 e. The highest BCUT2D eigenvalue weighted by molar-refractivity contribution is 5.79. The molecule has 0 saturated heterocycles. The standard InChI is InChI=1S/C11H12N2O/c1-12-9-11(14)13-8-7-10-5-3-2-4-6-10/h2-6H,7-9H2,(H,13,14). The predicted octanol–water partition coefficient (Wildman–Crippen LogP) is 1.26. The molecule has 0 saturated carbocycles. The number of hydrogen-bond acceptors (Lipinski definition) is 1. The van der Waals surface area contributed by atoms with Crippen LogP contribution < -0.4 is 5.32 Å². The van der Waals surface area contributed by atoms with E-state index in [1.54, 1.807) is 0 Å². The fourth-order valence-electron chi connectivity index (χ4n) is 1.12. The lowest BCUT2D eigenvalue weighted by Crippen LogP contribution is -2.27. The lowest BCUT2D eigenvalue weighted by atomic mass is 10.1. The Morgan fingerprint density at radius 1 is 1.36 bits per heavy atom. The van der Waals surface area contributed by atoms with Crippen LogP contribution in [0.15, 0.2) is 30.3 Å². The number of nitrogens with zero attached hydrogens (tertiary/aromatic N) is 1. The summed E-state index contributed by atoms with van der Waals surface area (Å²) in [6, 6.07) is 9.93. The van der Waals surface area contributed by atoms with Crippen LogP contribution in [0.5, 0.6) is 0 Å². The Morgan fingerprint density at radius 2 is 2.07 bits per heavy atom. The van der Waals surface area contributed by atoms with E-state index in [2.05, 4.69) is 10.2 Å². The average Bonchev–Trinajstić information content (AvgIpc) is 2.20. The normalized spacial score (nSPS) is 9.07. The first-order valence-corrected chi connectivity index (χ1v) is 4.47. The van der Waals surface area contributed by atoms with Gasteiger partial charge in [-0.05, 0) is 12.0 Å². The zero-order chi connectivity index (χ0) is 10.2. The summed E-state index contributed by atoms with van der Waals surface area (Å²) in [6.45, 7) is 7.02. The van der Waals surface area contributed by atoms with Crippen molar-refractivity contribution in [2.45, 2.75) is 6.42 Å². The molecule has 1 rings (SSSR count). The largest absolute Gasteiger partial charge is 0.349 e. The Hall–Kier alpha value is -1.82. The Labute approximate surface area is 83.6 Å². The molecule has 0 aliphatic heterocycles. The van der Waals surface area contributed by atoms with Gasteiger partial charge in [-0.3, -0.25) is 4.79 Å². The molecular formula is C11H12N2O. The second-order valence-corrected chi connectivity index (χ2v) is 2.90. The van der Waals surface area contributed by atoms with E-state index in [1.807, 2.05) is 30.3 Å². The molecule has 3 nitrogen and oxygen atoms in total. The van der Waals surface area contributed by atoms with E-state index in [4.69, 9.17) is 6.57 Å². The van der Waals surface area contributed by atoms with Gasteiger partial charge in [-0.15, -0.1) is 0 Å². The molecule has 0 aliphatic carbocycles. The molecule has 0 bridgehead atoms. The van der Waals surface area contributed by atoms with E-state index in [1.165, 1.54) is 5.56 Å². The second kappa shape index (κ2) is 5.76. The average molecular weight is 188 g/mol. The van der Waals surface area contributed by atoms with Crippen LogP contribution in [0, 0.1) is 6.57 Å². The minimum atomic E-state index is -0.198. The Balaban J connectivity index is 2.23. The number of amides is 1. The van der Waals surface area contributed by atoms with Crippen molar-refractivity contribution in [3.05, 3.63) is 47.3 Å². The fourth-order valence-corrected chi connectivity index (χ4v) is 1.12. The van der Waals surface area contributed by atoms with E-state index >= 15 is 0 Å². The van der Waals surface area contributed by atoms with Crippen LogP contribution in [0.2, 0.25) is 0 Å². The summed E-state index contributed by atoms with van der Waals surface area (Å²) in [7, 11) is 0. The number of rotatable bonds is 4. The molecule has 0 radical (unpaired) electrons. The van der Waals surface area contributed by atoms with Crippen LogP contribution in [0.4, 0.5) is 0 Å². The highest BCUT2D eigenvalue weighted by Gasteiger charge is 2.01. The van der Waals surface area contributed by atoms with Crippen molar-refractivity contribution >= 4 is 5.91 Å². The molecule has 1 N–H and O–H groups in total. The molecule has 72 valence electrons. The molecule has 0 fully saturated rings. The SMILES string of the molecule is [C-]#[N+]CC(=O)NCCc1ccccc1. The van der Waals surface area contributed by atoms with Gasteiger partial charge in [0, 0.05) is 6.54 Å². The summed E-state index contributed by atoms with van der Waals surface area (Å²) >= 11 is 0. The lowest BCUT2D eigenvalue weighted by molar-refractivity contribution is -0.119. The van der Waals surface area contributed by atoms with E-state index in [-0.39, 0.29) is 12.5 Å². The smallest absolute Gasteiger partial charge is 0.300 e. The van der Waals surface area contributed by atoms with Crippen molar-refractivity contribution in [1.82, 2.24) is 5.32 Å². The van der Waals surface area contributed by atoms with E-state index < -0.39 is 0 Å². The first-order valence-electron chi connectivity index (χ1n) is 4.47. The van der Waals surface area contributed by atoms with Crippen molar-refractivity contribution in [2.24, 2.45) is 0 Å². The molecule has 0 heterocycles. The molecule has 0 atom stereocenters. The van der Waals surface area contributed by atoms with Gasteiger partial charge in [-0.2, -0.15) is 0 Å². The number of nitrogens with one attached hydrogen (secondary N) is 1. The number of carbonyl (C=O) groups excluding carboxylic acids is 1. The number of benzene rings is 1. The summed E-state index contributed by atoms with van der Waals surface area (Å²) in [4.78, 5) is 13.9.